The van der Waals surface area contributed by atoms with E-state index in [2.05, 4.69) is 28.9 Å². The molecule has 4 nitrogen and oxygen atoms in total. The molecule has 0 saturated carbocycles. The van der Waals surface area contributed by atoms with E-state index in [0.29, 0.717) is 11.7 Å². The summed E-state index contributed by atoms with van der Waals surface area (Å²) in [4.78, 5) is 13.1. The molecule has 1 aliphatic heterocycles. The van der Waals surface area contributed by atoms with Crippen LogP contribution in [-0.2, 0) is 6.42 Å². The van der Waals surface area contributed by atoms with Gasteiger partial charge in [-0.25, -0.2) is 0 Å². The van der Waals surface area contributed by atoms with E-state index in [0.717, 1.165) is 30.7 Å². The number of nitrogens with zero attached hydrogens (tertiary/aromatic N) is 1. The van der Waals surface area contributed by atoms with Crippen LogP contribution in [0.1, 0.15) is 42.1 Å². The van der Waals surface area contributed by atoms with Crippen molar-refractivity contribution in [3.63, 3.8) is 0 Å². The molecule has 0 radical (unpaired) electrons. The zero-order valence-corrected chi connectivity index (χ0v) is 12.4. The maximum atomic E-state index is 12.0. The molecule has 2 heterocycles. The molecule has 2 rings (SSSR count). The van der Waals surface area contributed by atoms with Gasteiger partial charge in [0, 0.05) is 17.0 Å². The minimum absolute atomic E-state index is 0. The van der Waals surface area contributed by atoms with Crippen LogP contribution in [0, 0.1) is 0 Å². The van der Waals surface area contributed by atoms with Crippen molar-refractivity contribution < 1.29 is 4.79 Å². The van der Waals surface area contributed by atoms with E-state index in [-0.39, 0.29) is 24.4 Å². The molecule has 1 saturated heterocycles. The highest BCUT2D eigenvalue weighted by atomic mass is 35.5. The molecule has 102 valence electrons. The highest BCUT2D eigenvalue weighted by molar-refractivity contribution is 7.05. The van der Waals surface area contributed by atoms with E-state index in [1.165, 1.54) is 11.5 Å². The fourth-order valence-corrected chi connectivity index (χ4v) is 2.75. The van der Waals surface area contributed by atoms with Gasteiger partial charge >= 0.3 is 0 Å². The molecular weight excluding hydrogens is 270 g/mol. The van der Waals surface area contributed by atoms with Crippen molar-refractivity contribution in [1.82, 2.24) is 15.0 Å². The Kier molecular flexibility index (Phi) is 6.05. The lowest BCUT2D eigenvalue weighted by Crippen LogP contribution is -2.46. The molecule has 0 bridgehead atoms. The number of nitrogens with one attached hydrogen (secondary N) is 2. The molecular formula is C12H20ClN3OS. The number of aryl methyl sites for hydroxylation is 1. The Labute approximate surface area is 118 Å². The Morgan fingerprint density at radius 3 is 3.06 bits per heavy atom. The van der Waals surface area contributed by atoms with Crippen molar-refractivity contribution in [2.45, 2.75) is 45.2 Å². The van der Waals surface area contributed by atoms with Gasteiger partial charge < -0.3 is 10.6 Å². The first-order valence-corrected chi connectivity index (χ1v) is 6.96. The molecule has 1 amide bonds. The molecule has 0 unspecified atom stereocenters. The molecule has 6 heteroatoms. The summed E-state index contributed by atoms with van der Waals surface area (Å²) in [5, 5.41) is 6.44. The predicted molar refractivity (Wildman–Crippen MR) is 76.7 cm³/mol. The lowest BCUT2D eigenvalue weighted by molar-refractivity contribution is 0.0921. The van der Waals surface area contributed by atoms with Crippen LogP contribution < -0.4 is 10.6 Å². The molecule has 1 aromatic heterocycles. The number of hydrogen-bond acceptors (Lipinski definition) is 4. The predicted octanol–water partition coefficient (Wildman–Crippen LogP) is 2.00. The van der Waals surface area contributed by atoms with Gasteiger partial charge in [-0.1, -0.05) is 6.92 Å². The quantitative estimate of drug-likeness (QED) is 0.895. The van der Waals surface area contributed by atoms with Crippen molar-refractivity contribution in [3.8, 4) is 0 Å². The minimum Gasteiger partial charge on any atom is -0.348 e. The maximum Gasteiger partial charge on any atom is 0.271 e. The average molecular weight is 290 g/mol. The number of piperidine rings is 1. The molecule has 2 atom stereocenters. The van der Waals surface area contributed by atoms with Gasteiger partial charge in [-0.2, -0.15) is 4.37 Å². The van der Waals surface area contributed by atoms with Gasteiger partial charge in [-0.15, -0.1) is 12.4 Å². The van der Waals surface area contributed by atoms with Gasteiger partial charge in [0.25, 0.3) is 5.91 Å². The Morgan fingerprint density at radius 2 is 2.44 bits per heavy atom. The van der Waals surface area contributed by atoms with Crippen LogP contribution in [0.5, 0.6) is 0 Å². The number of aromatic nitrogens is 1. The highest BCUT2D eigenvalue weighted by Gasteiger charge is 2.21. The maximum absolute atomic E-state index is 12.0. The SMILES string of the molecule is CCc1cc(C(=O)N[C@@H]2CCN[C@@H](C)C2)ns1.Cl. The molecule has 1 fully saturated rings. The van der Waals surface area contributed by atoms with E-state index in [9.17, 15) is 4.79 Å². The number of carbonyl (C=O) groups is 1. The first-order chi connectivity index (χ1) is 8.19. The molecule has 0 aromatic carbocycles. The number of amides is 1. The van der Waals surface area contributed by atoms with Crippen molar-refractivity contribution in [3.05, 3.63) is 16.6 Å². The smallest absolute Gasteiger partial charge is 0.271 e. The van der Waals surface area contributed by atoms with E-state index in [1.807, 2.05) is 6.07 Å². The average Bonchev–Trinajstić information content (AvgIpc) is 2.77. The Bertz CT molecular complexity index is 396. The second kappa shape index (κ2) is 7.07. The lowest BCUT2D eigenvalue weighted by atomic mass is 10.0. The molecule has 0 aliphatic carbocycles. The number of hydrogen-bond donors (Lipinski definition) is 2. The summed E-state index contributed by atoms with van der Waals surface area (Å²) in [6.07, 6.45) is 2.94. The number of rotatable bonds is 3. The Hall–Kier alpha value is -0.650. The summed E-state index contributed by atoms with van der Waals surface area (Å²) >= 11 is 1.42. The van der Waals surface area contributed by atoms with Crippen LogP contribution in [0.4, 0.5) is 0 Å². The molecule has 18 heavy (non-hydrogen) atoms. The van der Waals surface area contributed by atoms with E-state index in [4.69, 9.17) is 0 Å². The third-order valence-corrected chi connectivity index (χ3v) is 4.03. The summed E-state index contributed by atoms with van der Waals surface area (Å²) in [6.45, 7) is 5.20. The summed E-state index contributed by atoms with van der Waals surface area (Å²) in [5.74, 6) is -0.0277. The second-order valence-electron chi connectivity index (χ2n) is 4.58. The third-order valence-electron chi connectivity index (χ3n) is 3.10. The topological polar surface area (TPSA) is 54.0 Å². The molecule has 1 aromatic rings. The van der Waals surface area contributed by atoms with Crippen LogP contribution in [0.15, 0.2) is 6.07 Å². The van der Waals surface area contributed by atoms with Gasteiger partial charge in [-0.3, -0.25) is 4.79 Å². The molecule has 2 N–H and O–H groups in total. The number of carbonyl (C=O) groups excluding carboxylic acids is 1. The Morgan fingerprint density at radius 1 is 1.67 bits per heavy atom. The summed E-state index contributed by atoms with van der Waals surface area (Å²) in [7, 11) is 0. The van der Waals surface area contributed by atoms with Crippen LogP contribution in [0.3, 0.4) is 0 Å². The van der Waals surface area contributed by atoms with Gasteiger partial charge in [0.1, 0.15) is 5.69 Å². The van der Waals surface area contributed by atoms with Gasteiger partial charge in [0.2, 0.25) is 0 Å². The summed E-state index contributed by atoms with van der Waals surface area (Å²) in [5.41, 5.74) is 0.568. The normalized spacial score (nSPS) is 23.2. The summed E-state index contributed by atoms with van der Waals surface area (Å²) < 4.78 is 4.19. The second-order valence-corrected chi connectivity index (χ2v) is 5.47. The van der Waals surface area contributed by atoms with Gasteiger partial charge in [0.05, 0.1) is 0 Å². The lowest BCUT2D eigenvalue weighted by Gasteiger charge is -2.28. The van der Waals surface area contributed by atoms with Crippen molar-refractivity contribution in [1.29, 1.82) is 0 Å². The minimum atomic E-state index is -0.0277. The monoisotopic (exact) mass is 289 g/mol. The molecule has 0 spiro atoms. The van der Waals surface area contributed by atoms with E-state index < -0.39 is 0 Å². The van der Waals surface area contributed by atoms with Crippen LogP contribution >= 0.6 is 23.9 Å². The van der Waals surface area contributed by atoms with Gasteiger partial charge in [-0.05, 0) is 50.3 Å². The molecule has 1 aliphatic rings. The summed E-state index contributed by atoms with van der Waals surface area (Å²) in [6, 6.07) is 2.66. The standard InChI is InChI=1S/C12H19N3OS.ClH/c1-3-10-7-11(15-17-10)12(16)14-9-4-5-13-8(2)6-9;/h7-9,13H,3-6H2,1-2H3,(H,14,16);1H/t8-,9+;/m0./s1. The van der Waals surface area contributed by atoms with E-state index in [1.54, 1.807) is 0 Å². The largest absolute Gasteiger partial charge is 0.348 e. The van der Waals surface area contributed by atoms with Gasteiger partial charge in [0.15, 0.2) is 0 Å². The first kappa shape index (κ1) is 15.4. The Balaban J connectivity index is 0.00000162. The number of halogens is 1. The van der Waals surface area contributed by atoms with Crippen molar-refractivity contribution in [2.75, 3.05) is 6.54 Å². The zero-order valence-electron chi connectivity index (χ0n) is 10.7. The van der Waals surface area contributed by atoms with Crippen molar-refractivity contribution in [2.24, 2.45) is 0 Å². The third kappa shape index (κ3) is 3.93. The first-order valence-electron chi connectivity index (χ1n) is 6.19. The fraction of sp³-hybridized carbons (Fsp3) is 0.667. The zero-order chi connectivity index (χ0) is 12.3. The highest BCUT2D eigenvalue weighted by Crippen LogP contribution is 2.12. The van der Waals surface area contributed by atoms with Crippen molar-refractivity contribution >= 4 is 29.8 Å². The van der Waals surface area contributed by atoms with Crippen LogP contribution in [-0.4, -0.2) is 28.9 Å². The van der Waals surface area contributed by atoms with Crippen LogP contribution in [0.2, 0.25) is 0 Å². The fourth-order valence-electron chi connectivity index (χ4n) is 2.11. The van der Waals surface area contributed by atoms with E-state index >= 15 is 0 Å². The van der Waals surface area contributed by atoms with Crippen LogP contribution in [0.25, 0.3) is 0 Å².